The van der Waals surface area contributed by atoms with E-state index in [2.05, 4.69) is 20.6 Å². The molecule has 0 aliphatic rings. The number of rotatable bonds is 5. The molecule has 1 amide bonds. The third-order valence-electron chi connectivity index (χ3n) is 3.21. The smallest absolute Gasteiger partial charge is 0.226 e. The Morgan fingerprint density at radius 2 is 1.95 bits per heavy atom. The van der Waals surface area contributed by atoms with Gasteiger partial charge >= 0.3 is 0 Å². The lowest BCUT2D eigenvalue weighted by Gasteiger charge is -2.20. The van der Waals surface area contributed by atoms with Gasteiger partial charge in [-0.15, -0.1) is 10.2 Å². The Hall–Kier alpha value is -2.45. The molecule has 1 heterocycles. The summed E-state index contributed by atoms with van der Waals surface area (Å²) in [5.41, 5.74) is -0.192. The third kappa shape index (κ3) is 3.60. The predicted octanol–water partition coefficient (Wildman–Crippen LogP) is 1.42. The van der Waals surface area contributed by atoms with Gasteiger partial charge in [0.1, 0.15) is 5.82 Å². The second-order valence-corrected chi connectivity index (χ2v) is 4.98. The van der Waals surface area contributed by atoms with E-state index >= 15 is 0 Å². The molecule has 0 fully saturated rings. The summed E-state index contributed by atoms with van der Waals surface area (Å²) in [6, 6.07) is 1.12. The quantitative estimate of drug-likeness (QED) is 0.847. The van der Waals surface area contributed by atoms with E-state index in [1.54, 1.807) is 6.92 Å². The minimum absolute atomic E-state index is 0.178. The molecule has 118 valence electrons. The van der Waals surface area contributed by atoms with Crippen molar-refractivity contribution in [2.75, 3.05) is 13.6 Å². The van der Waals surface area contributed by atoms with E-state index < -0.39 is 23.4 Å². The first-order valence-corrected chi connectivity index (χ1v) is 6.49. The van der Waals surface area contributed by atoms with Crippen molar-refractivity contribution >= 4 is 5.91 Å². The SMILES string of the molecule is C[C@@H](CN(C)C(=O)Cc1cc(F)c(F)cc1F)c1nn[nH]n1. The van der Waals surface area contributed by atoms with Gasteiger partial charge in [0.05, 0.1) is 6.42 Å². The fraction of sp³-hybridized carbons (Fsp3) is 0.385. The highest BCUT2D eigenvalue weighted by Gasteiger charge is 2.19. The summed E-state index contributed by atoms with van der Waals surface area (Å²) in [4.78, 5) is 13.4. The third-order valence-corrected chi connectivity index (χ3v) is 3.21. The fourth-order valence-corrected chi connectivity index (χ4v) is 1.97. The number of H-pyrrole nitrogens is 1. The van der Waals surface area contributed by atoms with Crippen molar-refractivity contribution in [1.29, 1.82) is 0 Å². The number of hydrogen-bond acceptors (Lipinski definition) is 4. The van der Waals surface area contributed by atoms with Crippen molar-refractivity contribution < 1.29 is 18.0 Å². The zero-order valence-electron chi connectivity index (χ0n) is 12.0. The standard InChI is InChI=1S/C13H14F3N5O/c1-7(13-17-19-20-18-13)6-21(2)12(22)4-8-3-10(15)11(16)5-9(8)14/h3,5,7H,4,6H2,1-2H3,(H,17,18,19,20)/t7-/m0/s1. The number of nitrogens with one attached hydrogen (secondary N) is 1. The molecule has 1 aromatic heterocycles. The molecule has 1 N–H and O–H groups in total. The number of carbonyl (C=O) groups is 1. The molecule has 0 aliphatic carbocycles. The van der Waals surface area contributed by atoms with Gasteiger partial charge in [0, 0.05) is 31.1 Å². The second-order valence-electron chi connectivity index (χ2n) is 4.98. The summed E-state index contributed by atoms with van der Waals surface area (Å²) in [6.07, 6.45) is -0.363. The summed E-state index contributed by atoms with van der Waals surface area (Å²) in [5, 5.41) is 13.4. The van der Waals surface area contributed by atoms with Crippen molar-refractivity contribution in [3.8, 4) is 0 Å². The minimum Gasteiger partial charge on any atom is -0.345 e. The lowest BCUT2D eigenvalue weighted by atomic mass is 10.1. The Labute approximate surface area is 124 Å². The molecule has 0 saturated carbocycles. The van der Waals surface area contributed by atoms with Crippen LogP contribution in [-0.2, 0) is 11.2 Å². The van der Waals surface area contributed by atoms with Crippen LogP contribution >= 0.6 is 0 Å². The topological polar surface area (TPSA) is 74.8 Å². The van der Waals surface area contributed by atoms with Crippen LogP contribution in [0.15, 0.2) is 12.1 Å². The number of aromatic nitrogens is 4. The summed E-state index contributed by atoms with van der Waals surface area (Å²) < 4.78 is 39.5. The van der Waals surface area contributed by atoms with E-state index in [-0.39, 0.29) is 24.4 Å². The first kappa shape index (κ1) is 15.9. The van der Waals surface area contributed by atoms with E-state index in [1.165, 1.54) is 11.9 Å². The molecule has 0 radical (unpaired) electrons. The number of amides is 1. The van der Waals surface area contributed by atoms with Crippen molar-refractivity contribution in [3.63, 3.8) is 0 Å². The number of aromatic amines is 1. The Balaban J connectivity index is 2.01. The van der Waals surface area contributed by atoms with Gasteiger partial charge in [-0.3, -0.25) is 4.79 Å². The second kappa shape index (κ2) is 6.54. The molecule has 1 aromatic carbocycles. The highest BCUT2D eigenvalue weighted by Crippen LogP contribution is 2.16. The molecule has 1 atom stereocenters. The Bertz CT molecular complexity index is 662. The average Bonchev–Trinajstić information content (AvgIpc) is 2.98. The van der Waals surface area contributed by atoms with Gasteiger partial charge in [0.2, 0.25) is 5.91 Å². The van der Waals surface area contributed by atoms with E-state index in [1.807, 2.05) is 0 Å². The van der Waals surface area contributed by atoms with Crippen molar-refractivity contribution in [2.24, 2.45) is 0 Å². The van der Waals surface area contributed by atoms with E-state index in [9.17, 15) is 18.0 Å². The zero-order chi connectivity index (χ0) is 16.3. The Morgan fingerprint density at radius 3 is 2.59 bits per heavy atom. The lowest BCUT2D eigenvalue weighted by molar-refractivity contribution is -0.129. The number of benzene rings is 1. The van der Waals surface area contributed by atoms with Crippen molar-refractivity contribution in [2.45, 2.75) is 19.3 Å². The van der Waals surface area contributed by atoms with Gasteiger partial charge < -0.3 is 4.90 Å². The van der Waals surface area contributed by atoms with Crippen LogP contribution in [0.3, 0.4) is 0 Å². The van der Waals surface area contributed by atoms with Gasteiger partial charge in [-0.05, 0) is 6.07 Å². The van der Waals surface area contributed by atoms with E-state index in [0.717, 1.165) is 0 Å². The van der Waals surface area contributed by atoms with Crippen molar-refractivity contribution in [3.05, 3.63) is 41.0 Å². The molecule has 0 bridgehead atoms. The summed E-state index contributed by atoms with van der Waals surface area (Å²) in [7, 11) is 1.52. The molecule has 0 unspecified atom stereocenters. The van der Waals surface area contributed by atoms with Gasteiger partial charge in [-0.2, -0.15) is 5.21 Å². The van der Waals surface area contributed by atoms with Crippen LogP contribution in [-0.4, -0.2) is 45.0 Å². The van der Waals surface area contributed by atoms with E-state index in [0.29, 0.717) is 18.0 Å². The van der Waals surface area contributed by atoms with Crippen LogP contribution in [0.4, 0.5) is 13.2 Å². The summed E-state index contributed by atoms with van der Waals surface area (Å²) in [5.74, 6) is -3.59. The normalized spacial score (nSPS) is 12.2. The molecule has 9 heteroatoms. The van der Waals surface area contributed by atoms with Crippen LogP contribution in [0.5, 0.6) is 0 Å². The number of hydrogen-bond donors (Lipinski definition) is 1. The molecule has 0 aliphatic heterocycles. The fourth-order valence-electron chi connectivity index (χ4n) is 1.97. The van der Waals surface area contributed by atoms with Crippen LogP contribution in [0.1, 0.15) is 24.2 Å². The van der Waals surface area contributed by atoms with Gasteiger partial charge in [0.25, 0.3) is 0 Å². The molecule has 0 spiro atoms. The number of nitrogens with zero attached hydrogens (tertiary/aromatic N) is 4. The number of halogens is 3. The minimum atomic E-state index is -1.28. The maximum atomic E-state index is 13.5. The largest absolute Gasteiger partial charge is 0.345 e. The highest BCUT2D eigenvalue weighted by atomic mass is 19.2. The van der Waals surface area contributed by atoms with Crippen LogP contribution < -0.4 is 0 Å². The molecule has 22 heavy (non-hydrogen) atoms. The Kier molecular flexibility index (Phi) is 4.74. The predicted molar refractivity (Wildman–Crippen MR) is 70.2 cm³/mol. The average molecular weight is 313 g/mol. The van der Waals surface area contributed by atoms with Crippen LogP contribution in [0, 0.1) is 17.5 Å². The zero-order valence-corrected chi connectivity index (χ0v) is 12.0. The molecule has 0 saturated heterocycles. The molecular weight excluding hydrogens is 299 g/mol. The first-order chi connectivity index (χ1) is 10.4. The van der Waals surface area contributed by atoms with Gasteiger partial charge in [0.15, 0.2) is 17.5 Å². The highest BCUT2D eigenvalue weighted by molar-refractivity contribution is 5.78. The monoisotopic (exact) mass is 313 g/mol. The number of carbonyl (C=O) groups excluding carboxylic acids is 1. The number of likely N-dealkylation sites (N-methyl/N-ethyl adjacent to an activating group) is 1. The van der Waals surface area contributed by atoms with Gasteiger partial charge in [-0.25, -0.2) is 13.2 Å². The molecule has 6 nitrogen and oxygen atoms in total. The first-order valence-electron chi connectivity index (χ1n) is 6.49. The summed E-state index contributed by atoms with van der Waals surface area (Å²) >= 11 is 0. The Morgan fingerprint density at radius 1 is 1.27 bits per heavy atom. The lowest BCUT2D eigenvalue weighted by Crippen LogP contribution is -2.32. The van der Waals surface area contributed by atoms with Crippen molar-refractivity contribution in [1.82, 2.24) is 25.5 Å². The van der Waals surface area contributed by atoms with Gasteiger partial charge in [-0.1, -0.05) is 12.1 Å². The maximum absolute atomic E-state index is 13.5. The summed E-state index contributed by atoms with van der Waals surface area (Å²) in [6.45, 7) is 2.08. The maximum Gasteiger partial charge on any atom is 0.226 e. The van der Waals surface area contributed by atoms with Crippen LogP contribution in [0.2, 0.25) is 0 Å². The van der Waals surface area contributed by atoms with E-state index in [4.69, 9.17) is 0 Å². The molecular formula is C13H14F3N5O. The number of tetrazole rings is 1. The molecule has 2 rings (SSSR count). The van der Waals surface area contributed by atoms with Crippen LogP contribution in [0.25, 0.3) is 0 Å². The molecule has 2 aromatic rings.